The van der Waals surface area contributed by atoms with E-state index >= 15 is 0 Å². The average molecular weight is 368 g/mol. The molecule has 0 amide bonds. The lowest BCUT2D eigenvalue weighted by Gasteiger charge is -2.26. The van der Waals surface area contributed by atoms with E-state index in [-0.39, 0.29) is 0 Å². The molecular weight excluding hydrogens is 355 g/mol. The second-order valence-electron chi connectivity index (χ2n) is 4.26. The Balaban J connectivity index is 2.36. The van der Waals surface area contributed by atoms with Crippen LogP contribution in [0.5, 0.6) is 5.75 Å². The number of rotatable bonds is 4. The van der Waals surface area contributed by atoms with E-state index in [2.05, 4.69) is 22.6 Å². The monoisotopic (exact) mass is 368 g/mol. The van der Waals surface area contributed by atoms with Crippen molar-refractivity contribution < 1.29 is 14.6 Å². The van der Waals surface area contributed by atoms with Crippen LogP contribution in [-0.2, 0) is 10.4 Å². The van der Waals surface area contributed by atoms with Crippen molar-refractivity contribution in [2.24, 2.45) is 0 Å². The highest BCUT2D eigenvalue weighted by molar-refractivity contribution is 14.1. The molecule has 19 heavy (non-hydrogen) atoms. The first kappa shape index (κ1) is 13.9. The summed E-state index contributed by atoms with van der Waals surface area (Å²) in [5, 5.41) is 9.48. The molecule has 0 fully saturated rings. The van der Waals surface area contributed by atoms with Crippen LogP contribution in [0.15, 0.2) is 54.6 Å². The molecule has 0 radical (unpaired) electrons. The van der Waals surface area contributed by atoms with Crippen LogP contribution in [0.1, 0.15) is 12.5 Å². The van der Waals surface area contributed by atoms with Crippen molar-refractivity contribution in [2.75, 3.05) is 0 Å². The Morgan fingerprint density at radius 3 is 2.21 bits per heavy atom. The van der Waals surface area contributed by atoms with Crippen LogP contribution < -0.4 is 4.74 Å². The van der Waals surface area contributed by atoms with E-state index in [9.17, 15) is 9.90 Å². The van der Waals surface area contributed by atoms with Crippen LogP contribution in [0.4, 0.5) is 0 Å². The highest BCUT2D eigenvalue weighted by atomic mass is 127. The third-order valence-electron chi connectivity index (χ3n) is 2.87. The van der Waals surface area contributed by atoms with Crippen LogP contribution in [0, 0.1) is 3.57 Å². The van der Waals surface area contributed by atoms with Crippen molar-refractivity contribution in [2.45, 2.75) is 12.5 Å². The summed E-state index contributed by atoms with van der Waals surface area (Å²) in [4.78, 5) is 11.6. The van der Waals surface area contributed by atoms with E-state index < -0.39 is 11.6 Å². The summed E-state index contributed by atoms with van der Waals surface area (Å²) in [7, 11) is 0. The summed E-state index contributed by atoms with van der Waals surface area (Å²) in [6.07, 6.45) is 0. The molecule has 3 nitrogen and oxygen atoms in total. The first-order valence-electron chi connectivity index (χ1n) is 5.76. The number of carboxylic acid groups (broad SMARTS) is 1. The number of carbonyl (C=O) groups is 1. The summed E-state index contributed by atoms with van der Waals surface area (Å²) >= 11 is 2.19. The van der Waals surface area contributed by atoms with Crippen molar-refractivity contribution in [3.8, 4) is 5.75 Å². The van der Waals surface area contributed by atoms with Gasteiger partial charge in [0.2, 0.25) is 5.60 Å². The highest BCUT2D eigenvalue weighted by Gasteiger charge is 2.37. The largest absolute Gasteiger partial charge is 0.478 e. The Kier molecular flexibility index (Phi) is 4.09. The van der Waals surface area contributed by atoms with Gasteiger partial charge in [-0.3, -0.25) is 0 Å². The number of aliphatic carboxylic acids is 1. The zero-order chi connectivity index (χ0) is 13.9. The predicted octanol–water partition coefficient (Wildman–Crippen LogP) is 3.67. The summed E-state index contributed by atoms with van der Waals surface area (Å²) in [5.74, 6) is -0.480. The first-order chi connectivity index (χ1) is 9.02. The minimum absolute atomic E-state index is 0.536. The Bertz CT molecular complexity index is 566. The molecule has 0 aliphatic heterocycles. The van der Waals surface area contributed by atoms with Gasteiger partial charge in [-0.25, -0.2) is 4.79 Å². The van der Waals surface area contributed by atoms with Gasteiger partial charge in [0, 0.05) is 9.13 Å². The molecule has 1 N–H and O–H groups in total. The summed E-state index contributed by atoms with van der Waals surface area (Å²) in [6, 6.07) is 16.2. The van der Waals surface area contributed by atoms with E-state index in [1.165, 1.54) is 0 Å². The lowest BCUT2D eigenvalue weighted by molar-refractivity contribution is -0.154. The number of benzene rings is 2. The molecule has 98 valence electrons. The van der Waals surface area contributed by atoms with Gasteiger partial charge in [-0.1, -0.05) is 30.3 Å². The van der Waals surface area contributed by atoms with Crippen LogP contribution in [0.25, 0.3) is 0 Å². The molecule has 2 aromatic carbocycles. The zero-order valence-corrected chi connectivity index (χ0v) is 12.5. The lowest BCUT2D eigenvalue weighted by Crippen LogP contribution is -2.38. The molecule has 1 atom stereocenters. The van der Waals surface area contributed by atoms with Gasteiger partial charge in [0.1, 0.15) is 5.75 Å². The smallest absolute Gasteiger partial charge is 0.352 e. The molecular formula is C15H13IO3. The van der Waals surface area contributed by atoms with Gasteiger partial charge < -0.3 is 9.84 Å². The van der Waals surface area contributed by atoms with Crippen molar-refractivity contribution in [1.82, 2.24) is 0 Å². The van der Waals surface area contributed by atoms with Gasteiger partial charge in [0.15, 0.2) is 0 Å². The molecule has 0 spiro atoms. The van der Waals surface area contributed by atoms with E-state index in [0.29, 0.717) is 11.3 Å². The number of halogens is 1. The standard InChI is InChI=1S/C15H13IO3/c1-15(14(17)18,11-5-3-2-4-6-11)19-13-9-7-12(16)8-10-13/h2-10H,1H3,(H,17,18). The van der Waals surface area contributed by atoms with Crippen molar-refractivity contribution in [1.29, 1.82) is 0 Å². The van der Waals surface area contributed by atoms with E-state index in [0.717, 1.165) is 3.57 Å². The maximum absolute atomic E-state index is 11.6. The molecule has 0 aliphatic carbocycles. The Labute approximate surface area is 125 Å². The molecule has 4 heteroatoms. The van der Waals surface area contributed by atoms with Crippen LogP contribution in [-0.4, -0.2) is 11.1 Å². The first-order valence-corrected chi connectivity index (χ1v) is 6.84. The molecule has 0 aliphatic rings. The lowest BCUT2D eigenvalue weighted by atomic mass is 9.96. The van der Waals surface area contributed by atoms with Gasteiger partial charge in [0.25, 0.3) is 0 Å². The molecule has 0 bridgehead atoms. The molecule has 1 unspecified atom stereocenters. The summed E-state index contributed by atoms with van der Waals surface area (Å²) in [5.41, 5.74) is -0.783. The number of hydrogen-bond donors (Lipinski definition) is 1. The molecule has 0 saturated carbocycles. The number of hydrogen-bond acceptors (Lipinski definition) is 2. The second kappa shape index (κ2) is 5.61. The minimum Gasteiger partial charge on any atom is -0.478 e. The number of ether oxygens (including phenoxy) is 1. The van der Waals surface area contributed by atoms with Gasteiger partial charge in [-0.05, 0) is 53.8 Å². The average Bonchev–Trinajstić information content (AvgIpc) is 2.42. The maximum atomic E-state index is 11.6. The fourth-order valence-corrected chi connectivity index (χ4v) is 2.08. The Hall–Kier alpha value is -1.56. The van der Waals surface area contributed by atoms with E-state index in [4.69, 9.17) is 4.74 Å². The second-order valence-corrected chi connectivity index (χ2v) is 5.51. The van der Waals surface area contributed by atoms with Crippen molar-refractivity contribution >= 4 is 28.6 Å². The molecule has 0 aromatic heterocycles. The molecule has 2 aromatic rings. The quantitative estimate of drug-likeness (QED) is 0.838. The van der Waals surface area contributed by atoms with Gasteiger partial charge in [0.05, 0.1) is 0 Å². The van der Waals surface area contributed by atoms with E-state index in [1.807, 2.05) is 18.2 Å². The molecule has 0 saturated heterocycles. The normalized spacial score (nSPS) is 13.6. The highest BCUT2D eigenvalue weighted by Crippen LogP contribution is 2.28. The van der Waals surface area contributed by atoms with Crippen LogP contribution >= 0.6 is 22.6 Å². The molecule has 2 rings (SSSR count). The van der Waals surface area contributed by atoms with Gasteiger partial charge in [-0.15, -0.1) is 0 Å². The Morgan fingerprint density at radius 1 is 1.11 bits per heavy atom. The fourth-order valence-electron chi connectivity index (χ4n) is 1.72. The Morgan fingerprint density at radius 2 is 1.68 bits per heavy atom. The van der Waals surface area contributed by atoms with Crippen LogP contribution in [0.3, 0.4) is 0 Å². The SMILES string of the molecule is CC(Oc1ccc(I)cc1)(C(=O)O)c1ccccc1. The third-order valence-corrected chi connectivity index (χ3v) is 3.59. The fraction of sp³-hybridized carbons (Fsp3) is 0.133. The summed E-state index contributed by atoms with van der Waals surface area (Å²) < 4.78 is 6.77. The summed E-state index contributed by atoms with van der Waals surface area (Å²) in [6.45, 7) is 1.56. The maximum Gasteiger partial charge on any atom is 0.352 e. The van der Waals surface area contributed by atoms with E-state index in [1.54, 1.807) is 43.3 Å². The number of carboxylic acids is 1. The predicted molar refractivity (Wildman–Crippen MR) is 81.2 cm³/mol. The van der Waals surface area contributed by atoms with Gasteiger partial charge in [-0.2, -0.15) is 0 Å². The van der Waals surface area contributed by atoms with Gasteiger partial charge >= 0.3 is 5.97 Å². The third kappa shape index (κ3) is 3.07. The van der Waals surface area contributed by atoms with Crippen molar-refractivity contribution in [3.63, 3.8) is 0 Å². The van der Waals surface area contributed by atoms with Crippen LogP contribution in [0.2, 0.25) is 0 Å². The molecule has 0 heterocycles. The zero-order valence-electron chi connectivity index (χ0n) is 10.3. The van der Waals surface area contributed by atoms with Crippen molar-refractivity contribution in [3.05, 3.63) is 63.7 Å². The topological polar surface area (TPSA) is 46.5 Å². The minimum atomic E-state index is -1.39.